The first-order chi connectivity index (χ1) is 14.7. The highest BCUT2D eigenvalue weighted by atomic mass is 16.5. The standard InChI is InChI=1S/C22H26N6O2/c23-16-9-19-21(25-7-6-24-19)20(10-16)30-18-3-1-17(2-4-18)28-22-26-11-15(12-27-22)14-5-8-29-13-14/h6-7,9-12,14,17-18H,1-5,8,13,23H2,(H,26,27,28). The van der Waals surface area contributed by atoms with Gasteiger partial charge in [-0.2, -0.15) is 0 Å². The number of hydrogen-bond donors (Lipinski definition) is 2. The van der Waals surface area contributed by atoms with E-state index >= 15 is 0 Å². The molecule has 8 heteroatoms. The third kappa shape index (κ3) is 4.14. The van der Waals surface area contributed by atoms with Crippen molar-refractivity contribution in [1.29, 1.82) is 0 Å². The number of nitrogens with one attached hydrogen (secondary N) is 1. The van der Waals surface area contributed by atoms with Crippen LogP contribution >= 0.6 is 0 Å². The van der Waals surface area contributed by atoms with E-state index in [0.717, 1.165) is 61.9 Å². The van der Waals surface area contributed by atoms with Crippen molar-refractivity contribution in [2.75, 3.05) is 24.3 Å². The Morgan fingerprint density at radius 1 is 0.967 bits per heavy atom. The number of hydrogen-bond acceptors (Lipinski definition) is 8. The van der Waals surface area contributed by atoms with E-state index < -0.39 is 0 Å². The zero-order valence-corrected chi connectivity index (χ0v) is 16.8. The van der Waals surface area contributed by atoms with Gasteiger partial charge in [0.15, 0.2) is 0 Å². The van der Waals surface area contributed by atoms with Gasteiger partial charge in [-0.25, -0.2) is 15.0 Å². The lowest BCUT2D eigenvalue weighted by Gasteiger charge is -2.29. The first-order valence-electron chi connectivity index (χ1n) is 10.6. The van der Waals surface area contributed by atoms with Crippen molar-refractivity contribution in [2.24, 2.45) is 0 Å². The summed E-state index contributed by atoms with van der Waals surface area (Å²) in [5.41, 5.74) is 9.32. The van der Waals surface area contributed by atoms with Crippen molar-refractivity contribution in [2.45, 2.75) is 50.2 Å². The predicted molar refractivity (Wildman–Crippen MR) is 114 cm³/mol. The molecule has 0 radical (unpaired) electrons. The summed E-state index contributed by atoms with van der Waals surface area (Å²) in [6.07, 6.45) is 12.3. The average molecular weight is 406 g/mol. The monoisotopic (exact) mass is 406 g/mol. The summed E-state index contributed by atoms with van der Waals surface area (Å²) in [4.78, 5) is 17.8. The summed E-state index contributed by atoms with van der Waals surface area (Å²) >= 11 is 0. The Bertz CT molecular complexity index is 998. The van der Waals surface area contributed by atoms with Crippen LogP contribution in [-0.2, 0) is 4.74 Å². The second kappa shape index (κ2) is 8.39. The highest BCUT2D eigenvalue weighted by Crippen LogP contribution is 2.31. The molecule has 1 aliphatic carbocycles. The van der Waals surface area contributed by atoms with E-state index in [4.69, 9.17) is 15.2 Å². The number of aromatic nitrogens is 4. The SMILES string of the molecule is Nc1cc(OC2CCC(Nc3ncc(C4CCOC4)cn3)CC2)c2nccnc2c1. The molecule has 2 aromatic heterocycles. The molecular weight excluding hydrogens is 380 g/mol. The third-order valence-electron chi connectivity index (χ3n) is 5.94. The fraction of sp³-hybridized carbons (Fsp3) is 0.455. The summed E-state index contributed by atoms with van der Waals surface area (Å²) < 4.78 is 11.7. The minimum atomic E-state index is 0.140. The van der Waals surface area contributed by atoms with Gasteiger partial charge in [-0.15, -0.1) is 0 Å². The molecule has 1 aliphatic heterocycles. The Balaban J connectivity index is 1.17. The maximum atomic E-state index is 6.27. The van der Waals surface area contributed by atoms with E-state index in [2.05, 4.69) is 25.3 Å². The second-order valence-electron chi connectivity index (χ2n) is 8.08. The number of fused-ring (bicyclic) bond motifs is 1. The van der Waals surface area contributed by atoms with Gasteiger partial charge in [0.2, 0.25) is 5.95 Å². The van der Waals surface area contributed by atoms with Crippen LogP contribution in [0.5, 0.6) is 5.75 Å². The van der Waals surface area contributed by atoms with Gasteiger partial charge in [0.25, 0.3) is 0 Å². The average Bonchev–Trinajstić information content (AvgIpc) is 3.30. The van der Waals surface area contributed by atoms with Gasteiger partial charge in [0.05, 0.1) is 18.2 Å². The molecule has 30 heavy (non-hydrogen) atoms. The normalized spacial score (nSPS) is 24.1. The molecule has 3 aromatic rings. The lowest BCUT2D eigenvalue weighted by atomic mass is 9.93. The fourth-order valence-corrected chi connectivity index (χ4v) is 4.26. The van der Waals surface area contributed by atoms with Crippen LogP contribution in [0.15, 0.2) is 36.9 Å². The molecule has 2 fully saturated rings. The van der Waals surface area contributed by atoms with Gasteiger partial charge in [0, 0.05) is 55.1 Å². The minimum Gasteiger partial charge on any atom is -0.488 e. The van der Waals surface area contributed by atoms with Gasteiger partial charge < -0.3 is 20.5 Å². The molecule has 1 aromatic carbocycles. The Hall–Kier alpha value is -3.00. The lowest BCUT2D eigenvalue weighted by molar-refractivity contribution is 0.152. The summed E-state index contributed by atoms with van der Waals surface area (Å²) in [5.74, 6) is 1.84. The number of rotatable bonds is 5. The Kier molecular flexibility index (Phi) is 5.31. The van der Waals surface area contributed by atoms with E-state index in [1.165, 1.54) is 0 Å². The molecule has 5 rings (SSSR count). The zero-order valence-electron chi connectivity index (χ0n) is 16.8. The number of benzene rings is 1. The van der Waals surface area contributed by atoms with E-state index in [0.29, 0.717) is 29.3 Å². The highest BCUT2D eigenvalue weighted by Gasteiger charge is 2.24. The molecule has 0 spiro atoms. The lowest BCUT2D eigenvalue weighted by Crippen LogP contribution is -2.31. The molecule has 0 bridgehead atoms. The quantitative estimate of drug-likeness (QED) is 0.621. The van der Waals surface area contributed by atoms with E-state index in [-0.39, 0.29) is 6.10 Å². The minimum absolute atomic E-state index is 0.140. The summed E-state index contributed by atoms with van der Waals surface area (Å²) in [5, 5.41) is 3.47. The molecule has 3 N–H and O–H groups in total. The number of ether oxygens (including phenoxy) is 2. The molecule has 3 heterocycles. The maximum absolute atomic E-state index is 6.27. The summed E-state index contributed by atoms with van der Waals surface area (Å²) in [7, 11) is 0. The van der Waals surface area contributed by atoms with Crippen molar-refractivity contribution in [1.82, 2.24) is 19.9 Å². The van der Waals surface area contributed by atoms with Crippen LogP contribution in [0.25, 0.3) is 11.0 Å². The van der Waals surface area contributed by atoms with Crippen molar-refractivity contribution >= 4 is 22.7 Å². The van der Waals surface area contributed by atoms with Crippen LogP contribution in [-0.4, -0.2) is 45.3 Å². The Labute approximate surface area is 175 Å². The molecule has 156 valence electrons. The summed E-state index contributed by atoms with van der Waals surface area (Å²) in [6.45, 7) is 1.60. The van der Waals surface area contributed by atoms with Gasteiger partial charge in [0.1, 0.15) is 11.3 Å². The topological polar surface area (TPSA) is 108 Å². The highest BCUT2D eigenvalue weighted by molar-refractivity contribution is 5.84. The number of nitrogen functional groups attached to an aromatic ring is 1. The molecule has 1 unspecified atom stereocenters. The number of anilines is 2. The van der Waals surface area contributed by atoms with E-state index in [1.807, 2.05) is 24.5 Å². The van der Waals surface area contributed by atoms with Crippen LogP contribution in [0, 0.1) is 0 Å². The number of nitrogens with zero attached hydrogens (tertiary/aromatic N) is 4. The summed E-state index contributed by atoms with van der Waals surface area (Å²) in [6, 6.07) is 4.01. The number of nitrogens with two attached hydrogens (primary N) is 1. The van der Waals surface area contributed by atoms with Gasteiger partial charge in [-0.1, -0.05) is 0 Å². The predicted octanol–water partition coefficient (Wildman–Crippen LogP) is 3.31. The van der Waals surface area contributed by atoms with Gasteiger partial charge in [-0.05, 0) is 43.7 Å². The second-order valence-corrected chi connectivity index (χ2v) is 8.08. The largest absolute Gasteiger partial charge is 0.488 e. The first-order valence-corrected chi connectivity index (χ1v) is 10.6. The van der Waals surface area contributed by atoms with Gasteiger partial charge >= 0.3 is 0 Å². The first kappa shape index (κ1) is 19.0. The van der Waals surface area contributed by atoms with Crippen molar-refractivity contribution in [3.05, 3.63) is 42.5 Å². The molecule has 8 nitrogen and oxygen atoms in total. The van der Waals surface area contributed by atoms with Crippen LogP contribution in [0.4, 0.5) is 11.6 Å². The molecule has 1 saturated carbocycles. The van der Waals surface area contributed by atoms with E-state index in [1.54, 1.807) is 12.4 Å². The Morgan fingerprint density at radius 2 is 1.77 bits per heavy atom. The van der Waals surface area contributed by atoms with E-state index in [9.17, 15) is 0 Å². The molecule has 1 saturated heterocycles. The third-order valence-corrected chi connectivity index (χ3v) is 5.94. The van der Waals surface area contributed by atoms with Crippen molar-refractivity contribution < 1.29 is 9.47 Å². The fourth-order valence-electron chi connectivity index (χ4n) is 4.26. The molecule has 1 atom stereocenters. The molecular formula is C22H26N6O2. The van der Waals surface area contributed by atoms with Crippen LogP contribution in [0.3, 0.4) is 0 Å². The Morgan fingerprint density at radius 3 is 2.53 bits per heavy atom. The molecule has 2 aliphatic rings. The molecule has 0 amide bonds. The van der Waals surface area contributed by atoms with Crippen molar-refractivity contribution in [3.8, 4) is 5.75 Å². The smallest absolute Gasteiger partial charge is 0.222 e. The van der Waals surface area contributed by atoms with Crippen LogP contribution in [0.2, 0.25) is 0 Å². The maximum Gasteiger partial charge on any atom is 0.222 e. The van der Waals surface area contributed by atoms with Crippen molar-refractivity contribution in [3.63, 3.8) is 0 Å². The van der Waals surface area contributed by atoms with Crippen LogP contribution < -0.4 is 15.8 Å². The zero-order chi connectivity index (χ0) is 20.3. The van der Waals surface area contributed by atoms with Gasteiger partial charge in [-0.3, -0.25) is 4.98 Å². The van der Waals surface area contributed by atoms with Crippen LogP contribution in [0.1, 0.15) is 43.6 Å².